The Morgan fingerprint density at radius 3 is 2.68 bits per heavy atom. The van der Waals surface area contributed by atoms with Crippen LogP contribution in [-0.2, 0) is 16.1 Å². The normalized spacial score (nSPS) is 15.0. The predicted octanol–water partition coefficient (Wildman–Crippen LogP) is 3.91. The Balaban J connectivity index is 1.59. The molecule has 0 aromatic heterocycles. The summed E-state index contributed by atoms with van der Waals surface area (Å²) in [5.41, 5.74) is 0.989. The number of carbonyl (C=O) groups excluding carboxylic acids is 1. The Labute approximate surface area is 144 Å². The van der Waals surface area contributed by atoms with Crippen LogP contribution in [0.2, 0.25) is 0 Å². The van der Waals surface area contributed by atoms with Gasteiger partial charge in [-0.25, -0.2) is 8.78 Å². The lowest BCUT2D eigenvalue weighted by molar-refractivity contribution is -0.122. The van der Waals surface area contributed by atoms with Gasteiger partial charge in [-0.05, 0) is 42.7 Å². The van der Waals surface area contributed by atoms with Crippen LogP contribution in [0.15, 0.2) is 42.5 Å². The van der Waals surface area contributed by atoms with Gasteiger partial charge in [0, 0.05) is 30.9 Å². The molecule has 0 atom stereocenters. The van der Waals surface area contributed by atoms with Crippen molar-refractivity contribution >= 4 is 11.6 Å². The molecule has 1 heterocycles. The monoisotopic (exact) mass is 347 g/mol. The lowest BCUT2D eigenvalue weighted by atomic mass is 9.99. The molecule has 0 spiro atoms. The van der Waals surface area contributed by atoms with Gasteiger partial charge in [-0.3, -0.25) is 4.79 Å². The van der Waals surface area contributed by atoms with E-state index >= 15 is 0 Å². The number of nitrogens with one attached hydrogen (secondary N) is 1. The van der Waals surface area contributed by atoms with Crippen molar-refractivity contribution in [2.45, 2.75) is 19.4 Å². The number of halogens is 2. The Kier molecular flexibility index (Phi) is 5.60. The molecule has 2 aromatic carbocycles. The molecule has 132 valence electrons. The molecule has 1 fully saturated rings. The number of hydrogen-bond acceptors (Lipinski definition) is 3. The molecule has 1 N–H and O–H groups in total. The van der Waals surface area contributed by atoms with Crippen LogP contribution in [0.5, 0.6) is 5.75 Å². The summed E-state index contributed by atoms with van der Waals surface area (Å²) in [6.45, 7) is 1.20. The van der Waals surface area contributed by atoms with Crippen molar-refractivity contribution in [3.05, 3.63) is 59.7 Å². The maximum atomic E-state index is 14.2. The summed E-state index contributed by atoms with van der Waals surface area (Å²) in [7, 11) is 0. The number of carbonyl (C=O) groups is 1. The molecule has 0 bridgehead atoms. The first-order valence-corrected chi connectivity index (χ1v) is 8.17. The summed E-state index contributed by atoms with van der Waals surface area (Å²) in [5, 5.41) is 2.72. The second-order valence-electron chi connectivity index (χ2n) is 5.94. The highest BCUT2D eigenvalue weighted by Crippen LogP contribution is 2.24. The van der Waals surface area contributed by atoms with Crippen LogP contribution in [0.3, 0.4) is 0 Å². The molecule has 1 aliphatic heterocycles. The Bertz CT molecular complexity index is 745. The van der Waals surface area contributed by atoms with Gasteiger partial charge in [-0.15, -0.1) is 0 Å². The fourth-order valence-corrected chi connectivity index (χ4v) is 2.69. The van der Waals surface area contributed by atoms with E-state index in [9.17, 15) is 13.6 Å². The minimum atomic E-state index is -0.582. The summed E-state index contributed by atoms with van der Waals surface area (Å²) >= 11 is 0. The largest absolute Gasteiger partial charge is 0.486 e. The average molecular weight is 347 g/mol. The average Bonchev–Trinajstić information content (AvgIpc) is 2.62. The quantitative estimate of drug-likeness (QED) is 0.892. The fourth-order valence-electron chi connectivity index (χ4n) is 2.69. The van der Waals surface area contributed by atoms with Gasteiger partial charge in [-0.1, -0.05) is 12.1 Å². The number of amides is 1. The fraction of sp³-hybridized carbons (Fsp3) is 0.316. The molecule has 0 saturated carbocycles. The predicted molar refractivity (Wildman–Crippen MR) is 89.3 cm³/mol. The number of ether oxygens (including phenoxy) is 2. The van der Waals surface area contributed by atoms with Gasteiger partial charge in [-0.2, -0.15) is 0 Å². The lowest BCUT2D eigenvalue weighted by Crippen LogP contribution is -2.28. The molecule has 4 nitrogen and oxygen atoms in total. The van der Waals surface area contributed by atoms with Gasteiger partial charge < -0.3 is 14.8 Å². The summed E-state index contributed by atoms with van der Waals surface area (Å²) in [6.07, 6.45) is 1.34. The van der Waals surface area contributed by atoms with Gasteiger partial charge in [0.25, 0.3) is 0 Å². The van der Waals surface area contributed by atoms with Crippen molar-refractivity contribution in [1.29, 1.82) is 0 Å². The third-order valence-electron chi connectivity index (χ3n) is 4.07. The maximum Gasteiger partial charge on any atom is 0.227 e. The molecule has 3 rings (SSSR count). The van der Waals surface area contributed by atoms with Crippen LogP contribution < -0.4 is 10.1 Å². The first-order valence-electron chi connectivity index (χ1n) is 8.17. The zero-order chi connectivity index (χ0) is 17.6. The van der Waals surface area contributed by atoms with Crippen LogP contribution in [0.25, 0.3) is 0 Å². The summed E-state index contributed by atoms with van der Waals surface area (Å²) in [4.78, 5) is 12.2. The maximum absolute atomic E-state index is 14.2. The number of rotatable bonds is 5. The molecule has 1 amide bonds. The SMILES string of the molecule is O=C(Nc1ccc(OCc2cccc(F)c2)c(F)c1)C1CCOCC1. The Morgan fingerprint density at radius 1 is 1.16 bits per heavy atom. The van der Waals surface area contributed by atoms with E-state index in [2.05, 4.69) is 5.32 Å². The van der Waals surface area contributed by atoms with Crippen LogP contribution in [0.4, 0.5) is 14.5 Å². The molecular weight excluding hydrogens is 328 g/mol. The third kappa shape index (κ3) is 4.76. The topological polar surface area (TPSA) is 47.6 Å². The molecule has 0 aliphatic carbocycles. The van der Waals surface area contributed by atoms with Gasteiger partial charge in [0.05, 0.1) is 0 Å². The zero-order valence-corrected chi connectivity index (χ0v) is 13.6. The summed E-state index contributed by atoms with van der Waals surface area (Å²) in [6, 6.07) is 10.2. The molecule has 0 unspecified atom stereocenters. The van der Waals surface area contributed by atoms with Crippen LogP contribution in [-0.4, -0.2) is 19.1 Å². The van der Waals surface area contributed by atoms with E-state index in [0.29, 0.717) is 37.3 Å². The molecular formula is C19H19F2NO3. The second kappa shape index (κ2) is 8.07. The van der Waals surface area contributed by atoms with E-state index in [4.69, 9.17) is 9.47 Å². The molecule has 0 radical (unpaired) electrons. The number of benzene rings is 2. The van der Waals surface area contributed by atoms with E-state index in [-0.39, 0.29) is 30.0 Å². The van der Waals surface area contributed by atoms with Gasteiger partial charge >= 0.3 is 0 Å². The highest BCUT2D eigenvalue weighted by atomic mass is 19.1. The minimum absolute atomic E-state index is 0.0494. The van der Waals surface area contributed by atoms with E-state index in [1.54, 1.807) is 18.2 Å². The summed E-state index contributed by atoms with van der Waals surface area (Å²) < 4.78 is 37.9. The molecule has 2 aromatic rings. The van der Waals surface area contributed by atoms with Crippen molar-refractivity contribution in [2.75, 3.05) is 18.5 Å². The minimum Gasteiger partial charge on any atom is -0.486 e. The second-order valence-corrected chi connectivity index (χ2v) is 5.94. The van der Waals surface area contributed by atoms with E-state index in [1.165, 1.54) is 24.3 Å². The van der Waals surface area contributed by atoms with Gasteiger partial charge in [0.2, 0.25) is 5.91 Å². The van der Waals surface area contributed by atoms with Crippen molar-refractivity contribution in [3.8, 4) is 5.75 Å². The summed E-state index contributed by atoms with van der Waals surface area (Å²) in [5.74, 6) is -1.14. The van der Waals surface area contributed by atoms with E-state index < -0.39 is 5.82 Å². The molecule has 1 saturated heterocycles. The highest BCUT2D eigenvalue weighted by Gasteiger charge is 2.21. The Morgan fingerprint density at radius 2 is 1.96 bits per heavy atom. The first-order chi connectivity index (χ1) is 12.1. The zero-order valence-electron chi connectivity index (χ0n) is 13.6. The molecule has 6 heteroatoms. The van der Waals surface area contributed by atoms with Crippen LogP contribution in [0.1, 0.15) is 18.4 Å². The van der Waals surface area contributed by atoms with Crippen LogP contribution >= 0.6 is 0 Å². The first kappa shape index (κ1) is 17.4. The molecule has 1 aliphatic rings. The van der Waals surface area contributed by atoms with Crippen molar-refractivity contribution in [3.63, 3.8) is 0 Å². The lowest BCUT2D eigenvalue weighted by Gasteiger charge is -2.21. The van der Waals surface area contributed by atoms with Crippen molar-refractivity contribution in [2.24, 2.45) is 5.92 Å². The molecule has 25 heavy (non-hydrogen) atoms. The third-order valence-corrected chi connectivity index (χ3v) is 4.07. The smallest absolute Gasteiger partial charge is 0.227 e. The van der Waals surface area contributed by atoms with Crippen molar-refractivity contribution in [1.82, 2.24) is 0 Å². The Hall–Kier alpha value is -2.47. The van der Waals surface area contributed by atoms with E-state index in [1.807, 2.05) is 0 Å². The number of anilines is 1. The number of hydrogen-bond donors (Lipinski definition) is 1. The van der Waals surface area contributed by atoms with Gasteiger partial charge in [0.15, 0.2) is 11.6 Å². The van der Waals surface area contributed by atoms with Crippen molar-refractivity contribution < 1.29 is 23.0 Å². The highest BCUT2D eigenvalue weighted by molar-refractivity contribution is 5.92. The standard InChI is InChI=1S/C19H19F2NO3/c20-15-3-1-2-13(10-15)12-25-18-5-4-16(11-17(18)21)22-19(23)14-6-8-24-9-7-14/h1-5,10-11,14H,6-9,12H2,(H,22,23). The van der Waals surface area contributed by atoms with E-state index in [0.717, 1.165) is 0 Å². The van der Waals surface area contributed by atoms with Gasteiger partial charge in [0.1, 0.15) is 12.4 Å². The van der Waals surface area contributed by atoms with Crippen LogP contribution in [0, 0.1) is 17.6 Å².